The fraction of sp³-hybridized carbons (Fsp3) is 0.429. The molecule has 2 aromatic rings. The predicted molar refractivity (Wildman–Crippen MR) is 73.2 cm³/mol. The normalized spacial score (nSPS) is 12.1. The Balaban J connectivity index is 2.58. The van der Waals surface area contributed by atoms with Gasteiger partial charge in [-0.3, -0.25) is 0 Å². The highest BCUT2D eigenvalue weighted by atomic mass is 35.5. The number of fused-ring (bicyclic) bond motifs is 1. The topological polar surface area (TPSA) is 25.0 Å². The van der Waals surface area contributed by atoms with E-state index in [0.717, 1.165) is 17.3 Å². The van der Waals surface area contributed by atoms with Gasteiger partial charge in [0.2, 0.25) is 0 Å². The molecule has 1 heterocycles. The second-order valence-corrected chi connectivity index (χ2v) is 5.40. The summed E-state index contributed by atoms with van der Waals surface area (Å²) in [6, 6.07) is 6.07. The molecule has 1 N–H and O–H groups in total. The van der Waals surface area contributed by atoms with Gasteiger partial charge in [-0.15, -0.1) is 0 Å². The van der Waals surface area contributed by atoms with Crippen LogP contribution >= 0.6 is 11.6 Å². The second-order valence-electron chi connectivity index (χ2n) is 4.99. The monoisotopic (exact) mass is 251 g/mol. The average molecular weight is 252 g/mol. The zero-order valence-corrected chi connectivity index (χ0v) is 11.5. The van der Waals surface area contributed by atoms with Gasteiger partial charge in [0.05, 0.1) is 12.1 Å². The summed E-state index contributed by atoms with van der Waals surface area (Å²) in [6.45, 7) is 6.66. The first-order valence-corrected chi connectivity index (χ1v) is 6.22. The lowest BCUT2D eigenvalue weighted by molar-refractivity contribution is 0.415. The summed E-state index contributed by atoms with van der Waals surface area (Å²) in [7, 11) is 1.63. The van der Waals surface area contributed by atoms with Crippen molar-refractivity contribution < 1.29 is 4.74 Å². The van der Waals surface area contributed by atoms with E-state index < -0.39 is 0 Å². The highest BCUT2D eigenvalue weighted by Crippen LogP contribution is 2.33. The fourth-order valence-corrected chi connectivity index (χ4v) is 2.09. The molecule has 3 heteroatoms. The molecule has 1 aromatic carbocycles. The van der Waals surface area contributed by atoms with Gasteiger partial charge in [0.15, 0.2) is 0 Å². The van der Waals surface area contributed by atoms with E-state index in [1.165, 1.54) is 5.69 Å². The molecule has 0 aliphatic heterocycles. The number of benzene rings is 1. The molecule has 0 saturated heterocycles. The van der Waals surface area contributed by atoms with Crippen LogP contribution in [0.3, 0.4) is 0 Å². The minimum atomic E-state index is 0.152. The number of hydrogen-bond acceptors (Lipinski definition) is 1. The summed E-state index contributed by atoms with van der Waals surface area (Å²) in [5.74, 6) is 0.710. The number of rotatable bonds is 3. The Morgan fingerprint density at radius 2 is 2.00 bits per heavy atom. The van der Waals surface area contributed by atoms with Gasteiger partial charge in [0.1, 0.15) is 5.75 Å². The standard InChI is InChI=1S/C14H18ClNO/c1-5-14(2,3)13-7-9-6-10(15)12(17-4)8-11(9)16-13/h6-8,16H,5H2,1-4H3. The summed E-state index contributed by atoms with van der Waals surface area (Å²) < 4.78 is 5.22. The number of aromatic amines is 1. The predicted octanol–water partition coefficient (Wildman–Crippen LogP) is 4.52. The summed E-state index contributed by atoms with van der Waals surface area (Å²) >= 11 is 6.12. The minimum Gasteiger partial charge on any atom is -0.495 e. The zero-order valence-electron chi connectivity index (χ0n) is 10.7. The Hall–Kier alpha value is -1.15. The number of nitrogens with one attached hydrogen (secondary N) is 1. The average Bonchev–Trinajstić information content (AvgIpc) is 2.71. The summed E-state index contributed by atoms with van der Waals surface area (Å²) in [5.41, 5.74) is 2.46. The molecule has 0 spiro atoms. The van der Waals surface area contributed by atoms with Gasteiger partial charge in [0, 0.05) is 28.1 Å². The molecule has 0 bridgehead atoms. The third-order valence-electron chi connectivity index (χ3n) is 3.51. The Morgan fingerprint density at radius 3 is 2.59 bits per heavy atom. The third kappa shape index (κ3) is 2.14. The number of halogens is 1. The molecule has 1 aromatic heterocycles. The van der Waals surface area contributed by atoms with Gasteiger partial charge in [-0.1, -0.05) is 32.4 Å². The molecule has 2 nitrogen and oxygen atoms in total. The number of methoxy groups -OCH3 is 1. The van der Waals surface area contributed by atoms with Crippen molar-refractivity contribution in [3.63, 3.8) is 0 Å². The number of aromatic nitrogens is 1. The van der Waals surface area contributed by atoms with Gasteiger partial charge >= 0.3 is 0 Å². The second kappa shape index (κ2) is 4.26. The van der Waals surface area contributed by atoms with Crippen molar-refractivity contribution in [3.8, 4) is 5.75 Å². The number of H-pyrrole nitrogens is 1. The van der Waals surface area contributed by atoms with Crippen molar-refractivity contribution in [2.45, 2.75) is 32.6 Å². The maximum absolute atomic E-state index is 6.12. The zero-order chi connectivity index (χ0) is 12.6. The lowest BCUT2D eigenvalue weighted by Gasteiger charge is -2.20. The van der Waals surface area contributed by atoms with E-state index in [1.807, 2.05) is 12.1 Å². The first kappa shape index (κ1) is 12.3. The van der Waals surface area contributed by atoms with E-state index >= 15 is 0 Å². The Kier molecular flexibility index (Phi) is 3.09. The van der Waals surface area contributed by atoms with Crippen molar-refractivity contribution in [1.29, 1.82) is 0 Å². The van der Waals surface area contributed by atoms with Crippen molar-refractivity contribution in [2.24, 2.45) is 0 Å². The molecule has 0 unspecified atom stereocenters. The quantitative estimate of drug-likeness (QED) is 0.853. The van der Waals surface area contributed by atoms with Crippen LogP contribution in [0.4, 0.5) is 0 Å². The van der Waals surface area contributed by atoms with Crippen molar-refractivity contribution in [1.82, 2.24) is 4.98 Å². The maximum atomic E-state index is 6.12. The number of ether oxygens (including phenoxy) is 1. The van der Waals surface area contributed by atoms with Crippen LogP contribution in [0.25, 0.3) is 10.9 Å². The molecule has 0 radical (unpaired) electrons. The first-order chi connectivity index (χ1) is 7.97. The van der Waals surface area contributed by atoms with Gasteiger partial charge in [-0.25, -0.2) is 0 Å². The van der Waals surface area contributed by atoms with Crippen molar-refractivity contribution in [2.75, 3.05) is 7.11 Å². The highest BCUT2D eigenvalue weighted by molar-refractivity contribution is 6.32. The van der Waals surface area contributed by atoms with Crippen LogP contribution in [-0.4, -0.2) is 12.1 Å². The van der Waals surface area contributed by atoms with Gasteiger partial charge in [-0.05, 0) is 18.6 Å². The highest BCUT2D eigenvalue weighted by Gasteiger charge is 2.20. The van der Waals surface area contributed by atoms with E-state index in [-0.39, 0.29) is 5.41 Å². The van der Waals surface area contributed by atoms with Crippen LogP contribution in [0.2, 0.25) is 5.02 Å². The molecular formula is C14H18ClNO. The number of hydrogen-bond donors (Lipinski definition) is 1. The van der Waals surface area contributed by atoms with E-state index in [4.69, 9.17) is 16.3 Å². The molecule has 0 amide bonds. The van der Waals surface area contributed by atoms with Crippen LogP contribution < -0.4 is 4.74 Å². The Morgan fingerprint density at radius 1 is 1.29 bits per heavy atom. The fourth-order valence-electron chi connectivity index (χ4n) is 1.84. The van der Waals surface area contributed by atoms with E-state index in [0.29, 0.717) is 10.8 Å². The maximum Gasteiger partial charge on any atom is 0.139 e. The van der Waals surface area contributed by atoms with Crippen LogP contribution in [0, 0.1) is 0 Å². The van der Waals surface area contributed by atoms with Gasteiger partial charge < -0.3 is 9.72 Å². The summed E-state index contributed by atoms with van der Waals surface area (Å²) in [6.07, 6.45) is 1.09. The van der Waals surface area contributed by atoms with Crippen LogP contribution in [-0.2, 0) is 5.41 Å². The lowest BCUT2D eigenvalue weighted by atomic mass is 9.86. The molecule has 0 aliphatic rings. The third-order valence-corrected chi connectivity index (χ3v) is 3.80. The Labute approximate surface area is 107 Å². The SMILES string of the molecule is CCC(C)(C)c1cc2cc(Cl)c(OC)cc2[nH]1. The van der Waals surface area contributed by atoms with Gasteiger partial charge in [-0.2, -0.15) is 0 Å². The minimum absolute atomic E-state index is 0.152. The van der Waals surface area contributed by atoms with Crippen molar-refractivity contribution in [3.05, 3.63) is 28.9 Å². The molecule has 92 valence electrons. The largest absolute Gasteiger partial charge is 0.495 e. The smallest absolute Gasteiger partial charge is 0.139 e. The van der Waals surface area contributed by atoms with Crippen LogP contribution in [0.1, 0.15) is 32.9 Å². The van der Waals surface area contributed by atoms with Crippen LogP contribution in [0.15, 0.2) is 18.2 Å². The van der Waals surface area contributed by atoms with Crippen LogP contribution in [0.5, 0.6) is 5.75 Å². The molecule has 2 rings (SSSR count). The van der Waals surface area contributed by atoms with Gasteiger partial charge in [0.25, 0.3) is 0 Å². The Bertz CT molecular complexity index is 542. The molecular weight excluding hydrogens is 234 g/mol. The molecule has 0 fully saturated rings. The van der Waals surface area contributed by atoms with Crippen molar-refractivity contribution >= 4 is 22.5 Å². The van der Waals surface area contributed by atoms with E-state index in [1.54, 1.807) is 7.11 Å². The first-order valence-electron chi connectivity index (χ1n) is 5.84. The molecule has 0 saturated carbocycles. The summed E-state index contributed by atoms with van der Waals surface area (Å²) in [4.78, 5) is 3.45. The molecule has 0 atom stereocenters. The molecule has 0 aliphatic carbocycles. The van der Waals surface area contributed by atoms with E-state index in [2.05, 4.69) is 31.8 Å². The lowest BCUT2D eigenvalue weighted by Crippen LogP contribution is -2.15. The molecule has 17 heavy (non-hydrogen) atoms. The van der Waals surface area contributed by atoms with E-state index in [9.17, 15) is 0 Å². The summed E-state index contributed by atoms with van der Waals surface area (Å²) in [5, 5.41) is 1.78.